The SMILES string of the molecule is CNC(C)(CO)CCSCC(C)C. The maximum atomic E-state index is 9.12. The van der Waals surface area contributed by atoms with Crippen molar-refractivity contribution in [2.24, 2.45) is 5.92 Å². The van der Waals surface area contributed by atoms with E-state index in [1.54, 1.807) is 0 Å². The van der Waals surface area contributed by atoms with E-state index < -0.39 is 0 Å². The smallest absolute Gasteiger partial charge is 0.0610 e. The molecule has 0 fully saturated rings. The largest absolute Gasteiger partial charge is 0.394 e. The van der Waals surface area contributed by atoms with Crippen molar-refractivity contribution >= 4 is 11.8 Å². The molecule has 0 saturated carbocycles. The van der Waals surface area contributed by atoms with E-state index in [1.807, 2.05) is 18.8 Å². The molecule has 0 spiro atoms. The van der Waals surface area contributed by atoms with Crippen LogP contribution in [0, 0.1) is 5.92 Å². The van der Waals surface area contributed by atoms with Gasteiger partial charge >= 0.3 is 0 Å². The molecule has 13 heavy (non-hydrogen) atoms. The molecule has 80 valence electrons. The van der Waals surface area contributed by atoms with Gasteiger partial charge in [0.15, 0.2) is 0 Å². The van der Waals surface area contributed by atoms with Gasteiger partial charge in [-0.15, -0.1) is 0 Å². The molecule has 0 aliphatic carbocycles. The van der Waals surface area contributed by atoms with Gasteiger partial charge in [-0.25, -0.2) is 0 Å². The predicted molar refractivity (Wildman–Crippen MR) is 61.3 cm³/mol. The van der Waals surface area contributed by atoms with Crippen LogP contribution in [-0.2, 0) is 0 Å². The minimum atomic E-state index is -0.0933. The molecule has 1 unspecified atom stereocenters. The summed E-state index contributed by atoms with van der Waals surface area (Å²) in [5.41, 5.74) is -0.0933. The van der Waals surface area contributed by atoms with Gasteiger partial charge in [0.1, 0.15) is 0 Å². The molecule has 0 aliphatic rings. The van der Waals surface area contributed by atoms with Crippen LogP contribution < -0.4 is 5.32 Å². The molecule has 0 aromatic carbocycles. The molecule has 0 amide bonds. The van der Waals surface area contributed by atoms with Crippen LogP contribution in [-0.4, -0.2) is 35.8 Å². The predicted octanol–water partition coefficient (Wildman–Crippen LogP) is 1.74. The van der Waals surface area contributed by atoms with Crippen LogP contribution in [0.3, 0.4) is 0 Å². The van der Waals surface area contributed by atoms with Gasteiger partial charge in [0.25, 0.3) is 0 Å². The molecular formula is C10H23NOS. The van der Waals surface area contributed by atoms with Gasteiger partial charge in [-0.1, -0.05) is 13.8 Å². The topological polar surface area (TPSA) is 32.3 Å². The van der Waals surface area contributed by atoms with E-state index in [4.69, 9.17) is 5.11 Å². The number of nitrogens with one attached hydrogen (secondary N) is 1. The third kappa shape index (κ3) is 6.36. The van der Waals surface area contributed by atoms with Crippen molar-refractivity contribution in [1.29, 1.82) is 0 Å². The highest BCUT2D eigenvalue weighted by atomic mass is 32.2. The van der Waals surface area contributed by atoms with Gasteiger partial charge in [-0.2, -0.15) is 11.8 Å². The van der Waals surface area contributed by atoms with Crippen molar-refractivity contribution in [2.45, 2.75) is 32.7 Å². The van der Waals surface area contributed by atoms with E-state index in [1.165, 1.54) is 5.75 Å². The molecule has 0 bridgehead atoms. The number of rotatable bonds is 7. The molecule has 3 heteroatoms. The zero-order chi connectivity index (χ0) is 10.3. The Balaban J connectivity index is 3.50. The molecule has 2 N–H and O–H groups in total. The number of aliphatic hydroxyl groups excluding tert-OH is 1. The number of aliphatic hydroxyl groups is 1. The third-order valence-corrected chi connectivity index (χ3v) is 3.60. The van der Waals surface area contributed by atoms with Crippen LogP contribution in [0.15, 0.2) is 0 Å². The number of thioether (sulfide) groups is 1. The maximum Gasteiger partial charge on any atom is 0.0610 e. The average molecular weight is 205 g/mol. The molecule has 0 aromatic heterocycles. The fourth-order valence-corrected chi connectivity index (χ4v) is 2.13. The minimum absolute atomic E-state index is 0.0933. The van der Waals surface area contributed by atoms with E-state index >= 15 is 0 Å². The Bertz CT molecular complexity index is 124. The lowest BCUT2D eigenvalue weighted by atomic mass is 10.0. The lowest BCUT2D eigenvalue weighted by Gasteiger charge is -2.26. The standard InChI is InChI=1S/C10H23NOS/c1-9(2)7-13-6-5-10(3,8-12)11-4/h9,11-12H,5-8H2,1-4H3. The van der Waals surface area contributed by atoms with Gasteiger partial charge < -0.3 is 10.4 Å². The second kappa shape index (κ2) is 6.68. The first-order valence-electron chi connectivity index (χ1n) is 4.91. The first kappa shape index (κ1) is 13.3. The Kier molecular flexibility index (Phi) is 6.82. The van der Waals surface area contributed by atoms with E-state index in [9.17, 15) is 0 Å². The molecule has 0 radical (unpaired) electrons. The Morgan fingerprint density at radius 3 is 2.46 bits per heavy atom. The molecule has 0 rings (SSSR count). The Morgan fingerprint density at radius 2 is 2.08 bits per heavy atom. The summed E-state index contributed by atoms with van der Waals surface area (Å²) in [6, 6.07) is 0. The van der Waals surface area contributed by atoms with E-state index in [0.717, 1.165) is 18.1 Å². The minimum Gasteiger partial charge on any atom is -0.394 e. The zero-order valence-electron chi connectivity index (χ0n) is 9.26. The van der Waals surface area contributed by atoms with E-state index in [0.29, 0.717) is 0 Å². The van der Waals surface area contributed by atoms with Crippen molar-refractivity contribution in [3.05, 3.63) is 0 Å². The summed E-state index contributed by atoms with van der Waals surface area (Å²) < 4.78 is 0. The lowest BCUT2D eigenvalue weighted by molar-refractivity contribution is 0.179. The molecule has 1 atom stereocenters. The summed E-state index contributed by atoms with van der Waals surface area (Å²) in [6.45, 7) is 6.74. The van der Waals surface area contributed by atoms with Gasteiger partial charge in [0.2, 0.25) is 0 Å². The van der Waals surface area contributed by atoms with E-state index in [-0.39, 0.29) is 12.1 Å². The highest BCUT2D eigenvalue weighted by Gasteiger charge is 2.19. The normalized spacial score (nSPS) is 16.2. The van der Waals surface area contributed by atoms with Gasteiger partial charge in [0.05, 0.1) is 6.61 Å². The summed E-state index contributed by atoms with van der Waals surface area (Å²) in [5, 5.41) is 12.3. The summed E-state index contributed by atoms with van der Waals surface area (Å²) in [5.74, 6) is 3.10. The fourth-order valence-electron chi connectivity index (χ4n) is 0.900. The molecule has 0 aromatic rings. The Labute approximate surface area is 86.5 Å². The van der Waals surface area contributed by atoms with Crippen molar-refractivity contribution in [3.8, 4) is 0 Å². The third-order valence-electron chi connectivity index (χ3n) is 2.20. The lowest BCUT2D eigenvalue weighted by Crippen LogP contribution is -2.43. The van der Waals surface area contributed by atoms with Gasteiger partial charge in [-0.3, -0.25) is 0 Å². The van der Waals surface area contributed by atoms with Crippen LogP contribution in [0.25, 0.3) is 0 Å². The summed E-state index contributed by atoms with van der Waals surface area (Å²) >= 11 is 1.97. The van der Waals surface area contributed by atoms with Crippen molar-refractivity contribution in [2.75, 3.05) is 25.2 Å². The first-order valence-corrected chi connectivity index (χ1v) is 6.07. The number of likely N-dealkylation sites (N-methyl/N-ethyl adjacent to an activating group) is 1. The van der Waals surface area contributed by atoms with Crippen LogP contribution in [0.5, 0.6) is 0 Å². The molecule has 0 aliphatic heterocycles. The number of hydrogen-bond donors (Lipinski definition) is 2. The quantitative estimate of drug-likeness (QED) is 0.621. The van der Waals surface area contributed by atoms with Gasteiger partial charge in [-0.05, 0) is 37.8 Å². The second-order valence-electron chi connectivity index (χ2n) is 4.19. The highest BCUT2D eigenvalue weighted by Crippen LogP contribution is 2.15. The average Bonchev–Trinajstić information content (AvgIpc) is 2.12. The van der Waals surface area contributed by atoms with Crippen LogP contribution in [0.2, 0.25) is 0 Å². The monoisotopic (exact) mass is 205 g/mol. The van der Waals surface area contributed by atoms with Crippen molar-refractivity contribution < 1.29 is 5.11 Å². The number of hydrogen-bond acceptors (Lipinski definition) is 3. The summed E-state index contributed by atoms with van der Waals surface area (Å²) in [6.07, 6.45) is 1.03. The first-order chi connectivity index (χ1) is 6.04. The Hall–Kier alpha value is 0.270. The molecule has 0 heterocycles. The molecule has 2 nitrogen and oxygen atoms in total. The van der Waals surface area contributed by atoms with Gasteiger partial charge in [0, 0.05) is 5.54 Å². The maximum absolute atomic E-state index is 9.12. The van der Waals surface area contributed by atoms with E-state index in [2.05, 4.69) is 26.1 Å². The summed E-state index contributed by atoms with van der Waals surface area (Å²) in [4.78, 5) is 0. The van der Waals surface area contributed by atoms with Crippen LogP contribution in [0.4, 0.5) is 0 Å². The second-order valence-corrected chi connectivity index (χ2v) is 5.34. The highest BCUT2D eigenvalue weighted by molar-refractivity contribution is 7.99. The molecule has 0 saturated heterocycles. The molecular weight excluding hydrogens is 182 g/mol. The summed E-state index contributed by atoms with van der Waals surface area (Å²) in [7, 11) is 1.91. The zero-order valence-corrected chi connectivity index (χ0v) is 10.1. The van der Waals surface area contributed by atoms with Crippen molar-refractivity contribution in [1.82, 2.24) is 5.32 Å². The Morgan fingerprint density at radius 1 is 1.46 bits per heavy atom. The van der Waals surface area contributed by atoms with Crippen molar-refractivity contribution in [3.63, 3.8) is 0 Å². The van der Waals surface area contributed by atoms with Crippen LogP contribution in [0.1, 0.15) is 27.2 Å². The fraction of sp³-hybridized carbons (Fsp3) is 1.00. The van der Waals surface area contributed by atoms with Crippen LogP contribution >= 0.6 is 11.8 Å².